The molecule has 21 heavy (non-hydrogen) atoms. The van der Waals surface area contributed by atoms with Gasteiger partial charge >= 0.3 is 0 Å². The van der Waals surface area contributed by atoms with Gasteiger partial charge in [-0.2, -0.15) is 0 Å². The van der Waals surface area contributed by atoms with Crippen molar-refractivity contribution in [1.82, 2.24) is 5.32 Å². The van der Waals surface area contributed by atoms with Crippen molar-refractivity contribution in [3.63, 3.8) is 0 Å². The van der Waals surface area contributed by atoms with Crippen molar-refractivity contribution in [3.8, 4) is 0 Å². The number of aryl methyl sites for hydroxylation is 3. The molecule has 2 rings (SSSR count). The molecule has 1 atom stereocenters. The van der Waals surface area contributed by atoms with Crippen LogP contribution in [0.15, 0.2) is 42.5 Å². The maximum absolute atomic E-state index is 5.39. The summed E-state index contributed by atoms with van der Waals surface area (Å²) >= 11 is 5.39. The van der Waals surface area contributed by atoms with Crippen molar-refractivity contribution in [1.29, 1.82) is 0 Å². The quantitative estimate of drug-likeness (QED) is 0.806. The van der Waals surface area contributed by atoms with E-state index >= 15 is 0 Å². The van der Waals surface area contributed by atoms with Gasteiger partial charge in [0.25, 0.3) is 0 Å². The maximum atomic E-state index is 5.39. The topological polar surface area (TPSA) is 24.1 Å². The van der Waals surface area contributed by atoms with Crippen molar-refractivity contribution in [3.05, 3.63) is 64.7 Å². The highest BCUT2D eigenvalue weighted by atomic mass is 32.1. The average Bonchev–Trinajstić information content (AvgIpc) is 2.41. The van der Waals surface area contributed by atoms with E-state index in [1.165, 1.54) is 22.3 Å². The summed E-state index contributed by atoms with van der Waals surface area (Å²) in [4.78, 5) is 0. The highest BCUT2D eigenvalue weighted by Gasteiger charge is 2.08. The van der Waals surface area contributed by atoms with Crippen molar-refractivity contribution < 1.29 is 0 Å². The minimum atomic E-state index is 0.175. The lowest BCUT2D eigenvalue weighted by Gasteiger charge is -2.18. The van der Waals surface area contributed by atoms with E-state index in [1.54, 1.807) is 0 Å². The van der Waals surface area contributed by atoms with Gasteiger partial charge in [-0.25, -0.2) is 0 Å². The Labute approximate surface area is 132 Å². The van der Waals surface area contributed by atoms with Crippen molar-refractivity contribution in [2.75, 3.05) is 5.32 Å². The molecule has 2 N–H and O–H groups in total. The molecule has 2 nitrogen and oxygen atoms in total. The molecule has 0 saturated carbocycles. The van der Waals surface area contributed by atoms with Gasteiger partial charge in [0.2, 0.25) is 0 Å². The zero-order valence-corrected chi connectivity index (χ0v) is 13.8. The fourth-order valence-electron chi connectivity index (χ4n) is 2.20. The Hall–Kier alpha value is -1.87. The van der Waals surface area contributed by atoms with E-state index in [4.69, 9.17) is 12.2 Å². The summed E-state index contributed by atoms with van der Waals surface area (Å²) in [5.41, 5.74) is 6.08. The van der Waals surface area contributed by atoms with Crippen LogP contribution in [0.1, 0.15) is 35.2 Å². The summed E-state index contributed by atoms with van der Waals surface area (Å²) in [6.07, 6.45) is 0. The molecule has 3 heteroatoms. The van der Waals surface area contributed by atoms with Gasteiger partial charge in [0, 0.05) is 5.69 Å². The third kappa shape index (κ3) is 4.30. The Morgan fingerprint density at radius 1 is 1.00 bits per heavy atom. The van der Waals surface area contributed by atoms with Crippen molar-refractivity contribution >= 4 is 23.0 Å². The van der Waals surface area contributed by atoms with Gasteiger partial charge in [-0.1, -0.05) is 30.3 Å². The summed E-state index contributed by atoms with van der Waals surface area (Å²) in [6.45, 7) is 8.45. The summed E-state index contributed by atoms with van der Waals surface area (Å²) in [7, 11) is 0. The number of thiocarbonyl (C=S) groups is 1. The lowest BCUT2D eigenvalue weighted by molar-refractivity contribution is 0.721. The lowest BCUT2D eigenvalue weighted by Crippen LogP contribution is -2.30. The second-order valence-electron chi connectivity index (χ2n) is 5.53. The average molecular weight is 298 g/mol. The minimum absolute atomic E-state index is 0.175. The molecule has 2 aromatic carbocycles. The summed E-state index contributed by atoms with van der Waals surface area (Å²) in [5, 5.41) is 7.21. The fraction of sp³-hybridized carbons (Fsp3) is 0.278. The number of benzene rings is 2. The van der Waals surface area contributed by atoms with Crippen LogP contribution < -0.4 is 10.6 Å². The first-order valence-corrected chi connectivity index (χ1v) is 7.58. The highest BCUT2D eigenvalue weighted by Crippen LogP contribution is 2.17. The third-order valence-electron chi connectivity index (χ3n) is 3.65. The van der Waals surface area contributed by atoms with Crippen LogP contribution in [0.4, 0.5) is 5.69 Å². The molecule has 0 aliphatic carbocycles. The zero-order valence-electron chi connectivity index (χ0n) is 13.0. The molecular formula is C18H22N2S. The molecule has 0 amide bonds. The van der Waals surface area contributed by atoms with Crippen LogP contribution in [0, 0.1) is 20.8 Å². The Balaban J connectivity index is 2.00. The predicted molar refractivity (Wildman–Crippen MR) is 94.9 cm³/mol. The van der Waals surface area contributed by atoms with Crippen LogP contribution in [-0.4, -0.2) is 5.11 Å². The molecule has 0 bridgehead atoms. The van der Waals surface area contributed by atoms with E-state index in [9.17, 15) is 0 Å². The predicted octanol–water partition coefficient (Wildman–Crippen LogP) is 4.66. The molecule has 0 fully saturated rings. The van der Waals surface area contributed by atoms with E-state index in [1.807, 2.05) is 12.1 Å². The summed E-state index contributed by atoms with van der Waals surface area (Å²) in [6, 6.07) is 14.9. The molecule has 2 aromatic rings. The van der Waals surface area contributed by atoms with E-state index in [0.717, 1.165) is 5.69 Å². The highest BCUT2D eigenvalue weighted by molar-refractivity contribution is 7.80. The molecule has 0 aliphatic rings. The van der Waals surface area contributed by atoms with Crippen LogP contribution in [0.2, 0.25) is 0 Å². The first kappa shape index (κ1) is 15.5. The number of anilines is 1. The number of nitrogens with one attached hydrogen (secondary N) is 2. The van der Waals surface area contributed by atoms with Gasteiger partial charge in [-0.05, 0) is 74.3 Å². The smallest absolute Gasteiger partial charge is 0.171 e. The Bertz CT molecular complexity index is 649. The van der Waals surface area contributed by atoms with Crippen LogP contribution >= 0.6 is 12.2 Å². The molecule has 0 saturated heterocycles. The first-order chi connectivity index (χ1) is 9.95. The van der Waals surface area contributed by atoms with Gasteiger partial charge in [-0.15, -0.1) is 0 Å². The largest absolute Gasteiger partial charge is 0.356 e. The molecular weight excluding hydrogens is 276 g/mol. The monoisotopic (exact) mass is 298 g/mol. The lowest BCUT2D eigenvalue weighted by atomic mass is 10.0. The summed E-state index contributed by atoms with van der Waals surface area (Å²) < 4.78 is 0. The Morgan fingerprint density at radius 3 is 2.43 bits per heavy atom. The van der Waals surface area contributed by atoms with Gasteiger partial charge in [-0.3, -0.25) is 0 Å². The van der Waals surface area contributed by atoms with Gasteiger partial charge in [0.15, 0.2) is 5.11 Å². The van der Waals surface area contributed by atoms with E-state index in [-0.39, 0.29) is 6.04 Å². The van der Waals surface area contributed by atoms with Crippen molar-refractivity contribution in [2.45, 2.75) is 33.7 Å². The van der Waals surface area contributed by atoms with E-state index in [2.05, 4.69) is 68.7 Å². The fourth-order valence-corrected chi connectivity index (χ4v) is 2.50. The van der Waals surface area contributed by atoms with Crippen molar-refractivity contribution in [2.24, 2.45) is 0 Å². The minimum Gasteiger partial charge on any atom is -0.356 e. The molecule has 0 heterocycles. The van der Waals surface area contributed by atoms with Gasteiger partial charge in [0.1, 0.15) is 0 Å². The van der Waals surface area contributed by atoms with Crippen LogP contribution in [0.3, 0.4) is 0 Å². The maximum Gasteiger partial charge on any atom is 0.171 e. The molecule has 0 spiro atoms. The van der Waals surface area contributed by atoms with Crippen LogP contribution in [0.5, 0.6) is 0 Å². The van der Waals surface area contributed by atoms with Crippen LogP contribution in [0.25, 0.3) is 0 Å². The van der Waals surface area contributed by atoms with E-state index in [0.29, 0.717) is 5.11 Å². The molecule has 0 aliphatic heterocycles. The number of hydrogen-bond donors (Lipinski definition) is 2. The Kier molecular flexibility index (Phi) is 4.97. The summed E-state index contributed by atoms with van der Waals surface area (Å²) in [5.74, 6) is 0. The standard InChI is InChI=1S/C18H22N2S/c1-12-6-5-7-17(10-12)20-18(21)19-15(4)16-9-8-13(2)14(3)11-16/h5-11,15H,1-4H3,(H2,19,20,21)/t15-/m1/s1. The Morgan fingerprint density at radius 2 is 1.76 bits per heavy atom. The molecule has 110 valence electrons. The third-order valence-corrected chi connectivity index (χ3v) is 3.87. The normalized spacial score (nSPS) is 11.8. The molecule has 0 unspecified atom stereocenters. The number of rotatable bonds is 3. The first-order valence-electron chi connectivity index (χ1n) is 7.17. The number of hydrogen-bond acceptors (Lipinski definition) is 1. The SMILES string of the molecule is Cc1cccc(NC(=S)N[C@H](C)c2ccc(C)c(C)c2)c1. The second-order valence-corrected chi connectivity index (χ2v) is 5.94. The molecule has 0 radical (unpaired) electrons. The van der Waals surface area contributed by atoms with Crippen LogP contribution in [-0.2, 0) is 0 Å². The zero-order chi connectivity index (χ0) is 15.4. The van der Waals surface area contributed by atoms with Gasteiger partial charge < -0.3 is 10.6 Å². The molecule has 0 aromatic heterocycles. The second kappa shape index (κ2) is 6.72. The van der Waals surface area contributed by atoms with Gasteiger partial charge in [0.05, 0.1) is 6.04 Å². The van der Waals surface area contributed by atoms with E-state index < -0.39 is 0 Å².